The zero-order valence-corrected chi connectivity index (χ0v) is 11.0. The van der Waals surface area contributed by atoms with Crippen LogP contribution in [0, 0.1) is 5.82 Å². The SMILES string of the molecule is CCOC(=O)c1cc(CBr)cc(OC(F)F)c1F. The number of carbonyl (C=O) groups is 1. The molecule has 0 unspecified atom stereocenters. The second-order valence-electron chi connectivity index (χ2n) is 3.19. The van der Waals surface area contributed by atoms with Crippen LogP contribution in [0.2, 0.25) is 0 Å². The highest BCUT2D eigenvalue weighted by Crippen LogP contribution is 2.26. The van der Waals surface area contributed by atoms with Gasteiger partial charge in [0.15, 0.2) is 11.6 Å². The Bertz CT molecular complexity index is 438. The van der Waals surface area contributed by atoms with E-state index in [1.165, 1.54) is 6.07 Å². The Kier molecular flexibility index (Phi) is 5.46. The van der Waals surface area contributed by atoms with Crippen LogP contribution in [0.15, 0.2) is 12.1 Å². The maximum atomic E-state index is 13.7. The van der Waals surface area contributed by atoms with Gasteiger partial charge in [0.05, 0.1) is 12.2 Å². The Morgan fingerprint density at radius 3 is 2.61 bits per heavy atom. The fraction of sp³-hybridized carbons (Fsp3) is 0.364. The molecule has 0 radical (unpaired) electrons. The van der Waals surface area contributed by atoms with Gasteiger partial charge in [0, 0.05) is 5.33 Å². The van der Waals surface area contributed by atoms with Crippen LogP contribution in [0.4, 0.5) is 13.2 Å². The monoisotopic (exact) mass is 326 g/mol. The van der Waals surface area contributed by atoms with E-state index in [1.807, 2.05) is 0 Å². The molecule has 0 saturated carbocycles. The average Bonchev–Trinajstić information content (AvgIpc) is 2.31. The van der Waals surface area contributed by atoms with E-state index >= 15 is 0 Å². The Hall–Kier alpha value is -1.24. The molecule has 7 heteroatoms. The third-order valence-electron chi connectivity index (χ3n) is 1.96. The Labute approximate surface area is 110 Å². The van der Waals surface area contributed by atoms with Gasteiger partial charge in [-0.05, 0) is 24.6 Å². The topological polar surface area (TPSA) is 35.5 Å². The van der Waals surface area contributed by atoms with Gasteiger partial charge in [0.1, 0.15) is 0 Å². The van der Waals surface area contributed by atoms with Crippen LogP contribution in [-0.4, -0.2) is 19.2 Å². The number of hydrogen-bond acceptors (Lipinski definition) is 3. The largest absolute Gasteiger partial charge is 0.462 e. The molecule has 0 aliphatic heterocycles. The molecule has 0 amide bonds. The third-order valence-corrected chi connectivity index (χ3v) is 2.61. The van der Waals surface area contributed by atoms with Gasteiger partial charge in [-0.15, -0.1) is 0 Å². The summed E-state index contributed by atoms with van der Waals surface area (Å²) in [6.07, 6.45) is 0. The van der Waals surface area contributed by atoms with Gasteiger partial charge in [-0.25, -0.2) is 9.18 Å². The van der Waals surface area contributed by atoms with E-state index in [4.69, 9.17) is 0 Å². The van der Waals surface area contributed by atoms with Crippen LogP contribution >= 0.6 is 15.9 Å². The summed E-state index contributed by atoms with van der Waals surface area (Å²) in [5.74, 6) is -2.75. The van der Waals surface area contributed by atoms with Crippen molar-refractivity contribution in [2.45, 2.75) is 18.9 Å². The summed E-state index contributed by atoms with van der Waals surface area (Å²) in [5.41, 5.74) is -0.000414. The van der Waals surface area contributed by atoms with Crippen LogP contribution < -0.4 is 4.74 Å². The molecule has 0 fully saturated rings. The molecule has 0 aromatic heterocycles. The molecule has 1 aromatic rings. The normalized spacial score (nSPS) is 10.6. The fourth-order valence-electron chi connectivity index (χ4n) is 1.27. The summed E-state index contributed by atoms with van der Waals surface area (Å²) < 4.78 is 46.6. The van der Waals surface area contributed by atoms with E-state index in [2.05, 4.69) is 25.4 Å². The minimum Gasteiger partial charge on any atom is -0.462 e. The number of halogens is 4. The first-order valence-corrected chi connectivity index (χ1v) is 6.12. The summed E-state index contributed by atoms with van der Waals surface area (Å²) in [6, 6.07) is 2.32. The van der Waals surface area contributed by atoms with Crippen molar-refractivity contribution >= 4 is 21.9 Å². The number of carbonyl (C=O) groups excluding carboxylic acids is 1. The van der Waals surface area contributed by atoms with E-state index < -0.39 is 29.7 Å². The Morgan fingerprint density at radius 2 is 2.11 bits per heavy atom. The van der Waals surface area contributed by atoms with E-state index in [1.54, 1.807) is 6.92 Å². The van der Waals surface area contributed by atoms with Crippen molar-refractivity contribution in [3.05, 3.63) is 29.1 Å². The van der Waals surface area contributed by atoms with E-state index in [0.29, 0.717) is 5.56 Å². The smallest absolute Gasteiger partial charge is 0.387 e. The summed E-state index contributed by atoms with van der Waals surface area (Å²) in [7, 11) is 0. The van der Waals surface area contributed by atoms with Crippen LogP contribution in [0.3, 0.4) is 0 Å². The lowest BCUT2D eigenvalue weighted by Gasteiger charge is -2.11. The molecule has 0 bridgehead atoms. The van der Waals surface area contributed by atoms with Gasteiger partial charge in [-0.2, -0.15) is 8.78 Å². The first-order valence-electron chi connectivity index (χ1n) is 4.99. The number of rotatable bonds is 5. The standard InChI is InChI=1S/C11H10BrF3O3/c1-2-17-10(16)7-3-6(5-12)4-8(9(7)13)18-11(14)15/h3-4,11H,2,5H2,1H3. The molecule has 18 heavy (non-hydrogen) atoms. The van der Waals surface area contributed by atoms with Gasteiger partial charge in [-0.3, -0.25) is 0 Å². The van der Waals surface area contributed by atoms with Crippen molar-refractivity contribution in [1.29, 1.82) is 0 Å². The molecular weight excluding hydrogens is 317 g/mol. The van der Waals surface area contributed by atoms with Gasteiger partial charge >= 0.3 is 12.6 Å². The maximum absolute atomic E-state index is 13.7. The number of ether oxygens (including phenoxy) is 2. The number of benzene rings is 1. The molecule has 0 saturated heterocycles. The molecule has 0 aliphatic rings. The average molecular weight is 327 g/mol. The minimum absolute atomic E-state index is 0.0574. The first kappa shape index (κ1) is 14.8. The molecule has 0 heterocycles. The summed E-state index contributed by atoms with van der Waals surface area (Å²) in [6.45, 7) is -1.55. The highest BCUT2D eigenvalue weighted by atomic mass is 79.9. The van der Waals surface area contributed by atoms with Crippen molar-refractivity contribution in [3.8, 4) is 5.75 Å². The predicted molar refractivity (Wildman–Crippen MR) is 61.6 cm³/mol. The van der Waals surface area contributed by atoms with Crippen molar-refractivity contribution in [1.82, 2.24) is 0 Å². The molecular formula is C11H10BrF3O3. The highest BCUT2D eigenvalue weighted by molar-refractivity contribution is 9.08. The molecule has 3 nitrogen and oxygen atoms in total. The second kappa shape index (κ2) is 6.63. The number of hydrogen-bond donors (Lipinski definition) is 0. The Morgan fingerprint density at radius 1 is 1.44 bits per heavy atom. The molecule has 1 aromatic carbocycles. The van der Waals surface area contributed by atoms with Crippen LogP contribution in [0.5, 0.6) is 5.75 Å². The number of esters is 1. The zero-order chi connectivity index (χ0) is 13.7. The fourth-order valence-corrected chi connectivity index (χ4v) is 1.59. The lowest BCUT2D eigenvalue weighted by molar-refractivity contribution is -0.0523. The highest BCUT2D eigenvalue weighted by Gasteiger charge is 2.20. The van der Waals surface area contributed by atoms with Crippen molar-refractivity contribution in [3.63, 3.8) is 0 Å². The molecule has 0 spiro atoms. The van der Waals surface area contributed by atoms with Gasteiger partial charge in [0.25, 0.3) is 0 Å². The lowest BCUT2D eigenvalue weighted by Crippen LogP contribution is -2.11. The molecule has 100 valence electrons. The third kappa shape index (κ3) is 3.63. The van der Waals surface area contributed by atoms with Crippen LogP contribution in [0.1, 0.15) is 22.8 Å². The van der Waals surface area contributed by atoms with Gasteiger partial charge in [0.2, 0.25) is 0 Å². The quantitative estimate of drug-likeness (QED) is 0.613. The summed E-state index contributed by atoms with van der Waals surface area (Å²) in [5, 5.41) is 0.263. The zero-order valence-electron chi connectivity index (χ0n) is 9.38. The van der Waals surface area contributed by atoms with E-state index in [9.17, 15) is 18.0 Å². The number of alkyl halides is 3. The van der Waals surface area contributed by atoms with E-state index in [-0.39, 0.29) is 11.9 Å². The summed E-state index contributed by atoms with van der Waals surface area (Å²) >= 11 is 3.09. The predicted octanol–water partition coefficient (Wildman–Crippen LogP) is 3.50. The van der Waals surface area contributed by atoms with Gasteiger partial charge < -0.3 is 9.47 Å². The van der Waals surface area contributed by atoms with Crippen molar-refractivity contribution < 1.29 is 27.4 Å². The maximum Gasteiger partial charge on any atom is 0.387 e. The van der Waals surface area contributed by atoms with Crippen LogP contribution in [-0.2, 0) is 10.1 Å². The molecule has 0 atom stereocenters. The molecule has 1 rings (SSSR count). The second-order valence-corrected chi connectivity index (χ2v) is 3.75. The summed E-state index contributed by atoms with van der Waals surface area (Å²) in [4.78, 5) is 11.5. The van der Waals surface area contributed by atoms with E-state index in [0.717, 1.165) is 6.07 Å². The Balaban J connectivity index is 3.20. The van der Waals surface area contributed by atoms with Gasteiger partial charge in [-0.1, -0.05) is 15.9 Å². The minimum atomic E-state index is -3.17. The first-order chi connectivity index (χ1) is 8.49. The van der Waals surface area contributed by atoms with Crippen molar-refractivity contribution in [2.24, 2.45) is 0 Å². The van der Waals surface area contributed by atoms with Crippen LogP contribution in [0.25, 0.3) is 0 Å². The molecule has 0 aliphatic carbocycles. The molecule has 0 N–H and O–H groups in total. The lowest BCUT2D eigenvalue weighted by atomic mass is 10.1. The van der Waals surface area contributed by atoms with Crippen molar-refractivity contribution in [2.75, 3.05) is 6.61 Å².